The van der Waals surface area contributed by atoms with Gasteiger partial charge in [-0.25, -0.2) is 9.31 Å². The molecule has 2 heterocycles. The monoisotopic (exact) mass is 581 g/mol. The van der Waals surface area contributed by atoms with Crippen LogP contribution in [0.15, 0.2) is 59.7 Å². The molecule has 0 radical (unpaired) electrons. The molecule has 0 bridgehead atoms. The maximum atomic E-state index is 14.3. The molecule has 9 nitrogen and oxygen atoms in total. The van der Waals surface area contributed by atoms with Crippen LogP contribution in [0.5, 0.6) is 0 Å². The van der Waals surface area contributed by atoms with Gasteiger partial charge in [0.05, 0.1) is 30.0 Å². The highest BCUT2D eigenvalue weighted by molar-refractivity contribution is 5.74. The lowest BCUT2D eigenvalue weighted by Crippen LogP contribution is -2.37. The molecule has 2 aromatic heterocycles. The molecule has 1 atom stereocenters. The number of carbonyl (C=O) groups is 1. The van der Waals surface area contributed by atoms with Gasteiger partial charge < -0.3 is 9.47 Å². The van der Waals surface area contributed by atoms with Gasteiger partial charge in [0.2, 0.25) is 5.78 Å². The Morgan fingerprint density at radius 3 is 2.49 bits per heavy atom. The Morgan fingerprint density at radius 1 is 1.07 bits per heavy atom. The first-order valence-electron chi connectivity index (χ1n) is 15.3. The van der Waals surface area contributed by atoms with Crippen molar-refractivity contribution in [3.05, 3.63) is 87.6 Å². The summed E-state index contributed by atoms with van der Waals surface area (Å²) in [5.74, 6) is 0.259. The summed E-state index contributed by atoms with van der Waals surface area (Å²) in [7, 11) is 0. The molecule has 1 aliphatic rings. The molecule has 0 N–H and O–H groups in total. The molecule has 0 spiro atoms. The van der Waals surface area contributed by atoms with E-state index in [1.54, 1.807) is 6.92 Å². The van der Waals surface area contributed by atoms with Crippen LogP contribution in [0.1, 0.15) is 87.7 Å². The number of nitriles is 1. The lowest BCUT2D eigenvalue weighted by molar-refractivity contribution is -0.162. The minimum Gasteiger partial charge on any atom is -0.464 e. The van der Waals surface area contributed by atoms with Gasteiger partial charge in [0.1, 0.15) is 6.33 Å². The average Bonchev–Trinajstić information content (AvgIpc) is 3.52. The fraction of sp³-hybridized carbons (Fsp3) is 0.441. The molecule has 1 saturated carbocycles. The lowest BCUT2D eigenvalue weighted by Gasteiger charge is -2.32. The number of benzene rings is 2. The van der Waals surface area contributed by atoms with Crippen molar-refractivity contribution in [2.75, 3.05) is 6.61 Å². The van der Waals surface area contributed by atoms with Crippen LogP contribution < -0.4 is 5.56 Å². The van der Waals surface area contributed by atoms with Crippen molar-refractivity contribution in [2.24, 2.45) is 0 Å². The first-order chi connectivity index (χ1) is 21.0. The van der Waals surface area contributed by atoms with Crippen molar-refractivity contribution >= 4 is 11.7 Å². The highest BCUT2D eigenvalue weighted by atomic mass is 16.6. The van der Waals surface area contributed by atoms with E-state index < -0.39 is 6.10 Å². The third-order valence-electron chi connectivity index (χ3n) is 8.29. The van der Waals surface area contributed by atoms with Crippen molar-refractivity contribution in [3.63, 3.8) is 0 Å². The molecule has 5 rings (SSSR count). The second-order valence-electron chi connectivity index (χ2n) is 11.1. The minimum atomic E-state index is -0.563. The lowest BCUT2D eigenvalue weighted by atomic mass is 9.92. The van der Waals surface area contributed by atoms with Crippen molar-refractivity contribution in [1.82, 2.24) is 19.2 Å². The van der Waals surface area contributed by atoms with Crippen LogP contribution in [0.25, 0.3) is 16.9 Å². The third-order valence-corrected chi connectivity index (χ3v) is 8.29. The average molecular weight is 582 g/mol. The quantitative estimate of drug-likeness (QED) is 0.205. The summed E-state index contributed by atoms with van der Waals surface area (Å²) in [6.07, 6.45) is 6.49. The van der Waals surface area contributed by atoms with Crippen LogP contribution in [0.2, 0.25) is 0 Å². The molecular weight excluding hydrogens is 542 g/mol. The molecule has 4 aromatic rings. The predicted octanol–water partition coefficient (Wildman–Crippen LogP) is 5.81. The summed E-state index contributed by atoms with van der Waals surface area (Å²) in [5, 5.41) is 14.1. The number of carbonyl (C=O) groups excluding carboxylic acids is 1. The number of fused-ring (bicyclic) bond motifs is 1. The van der Waals surface area contributed by atoms with E-state index in [9.17, 15) is 14.9 Å². The van der Waals surface area contributed by atoms with Crippen LogP contribution >= 0.6 is 0 Å². The molecule has 0 saturated heterocycles. The van der Waals surface area contributed by atoms with Gasteiger partial charge in [-0.1, -0.05) is 62.7 Å². The fourth-order valence-electron chi connectivity index (χ4n) is 6.14. The smallest absolute Gasteiger partial charge is 0.335 e. The fourth-order valence-corrected chi connectivity index (χ4v) is 6.14. The number of esters is 1. The van der Waals surface area contributed by atoms with Crippen LogP contribution in [0, 0.1) is 11.3 Å². The van der Waals surface area contributed by atoms with Crippen LogP contribution in [0.4, 0.5) is 0 Å². The molecule has 9 heteroatoms. The number of rotatable bonds is 11. The second-order valence-corrected chi connectivity index (χ2v) is 11.1. The molecule has 2 aromatic carbocycles. The van der Waals surface area contributed by atoms with Crippen molar-refractivity contribution < 1.29 is 14.3 Å². The first kappa shape index (κ1) is 30.2. The number of nitrogens with zero attached hydrogens (tertiary/aromatic N) is 5. The van der Waals surface area contributed by atoms with E-state index in [2.05, 4.69) is 23.1 Å². The summed E-state index contributed by atoms with van der Waals surface area (Å²) in [6, 6.07) is 17.9. The maximum Gasteiger partial charge on any atom is 0.335 e. The van der Waals surface area contributed by atoms with E-state index in [0.29, 0.717) is 37.2 Å². The molecule has 1 unspecified atom stereocenters. The van der Waals surface area contributed by atoms with Crippen molar-refractivity contribution in [2.45, 2.75) is 90.4 Å². The van der Waals surface area contributed by atoms with Crippen LogP contribution in [-0.4, -0.2) is 43.9 Å². The summed E-state index contributed by atoms with van der Waals surface area (Å²) < 4.78 is 15.0. The summed E-state index contributed by atoms with van der Waals surface area (Å²) in [6.45, 7) is 6.15. The van der Waals surface area contributed by atoms with Gasteiger partial charge in [-0.3, -0.25) is 9.36 Å². The van der Waals surface area contributed by atoms with E-state index in [-0.39, 0.29) is 23.7 Å². The van der Waals surface area contributed by atoms with Gasteiger partial charge >= 0.3 is 5.97 Å². The van der Waals surface area contributed by atoms with Gasteiger partial charge in [0.25, 0.3) is 5.56 Å². The van der Waals surface area contributed by atoms with E-state index >= 15 is 0 Å². The zero-order chi connectivity index (χ0) is 30.3. The van der Waals surface area contributed by atoms with E-state index in [0.717, 1.165) is 60.1 Å². The van der Waals surface area contributed by atoms with E-state index in [1.165, 1.54) is 6.33 Å². The normalized spacial score (nSPS) is 17.4. The Labute approximate surface area is 252 Å². The Bertz CT molecular complexity index is 1660. The number of hydrogen-bond donors (Lipinski definition) is 0. The summed E-state index contributed by atoms with van der Waals surface area (Å²) >= 11 is 0. The van der Waals surface area contributed by atoms with Gasteiger partial charge in [0.15, 0.2) is 6.10 Å². The highest BCUT2D eigenvalue weighted by Gasteiger charge is 2.31. The van der Waals surface area contributed by atoms with Gasteiger partial charge in [-0.2, -0.15) is 15.3 Å². The van der Waals surface area contributed by atoms with Crippen LogP contribution in [-0.2, 0) is 27.1 Å². The van der Waals surface area contributed by atoms with E-state index in [4.69, 9.17) is 9.47 Å². The zero-order valence-electron chi connectivity index (χ0n) is 25.2. The molecule has 1 aliphatic carbocycles. The third kappa shape index (κ3) is 6.40. The number of hydrogen-bond acceptors (Lipinski definition) is 7. The standard InChI is InChI=1S/C34H39N5O4/c1-4-9-30-29(20-23-12-14-24(15-13-23)28-11-8-7-10-25(28)21-35)32(40)38(34-36-22-37-39(30)34)26-16-18-27(19-17-26)43-31(5-2)33(41)42-6-3/h7-8,10-15,22,26-27,31H,4-6,9,16-20H2,1-3H3. The van der Waals surface area contributed by atoms with Crippen molar-refractivity contribution in [1.29, 1.82) is 5.26 Å². The van der Waals surface area contributed by atoms with Crippen LogP contribution in [0.3, 0.4) is 0 Å². The molecule has 1 fully saturated rings. The summed E-state index contributed by atoms with van der Waals surface area (Å²) in [4.78, 5) is 31.1. The topological polar surface area (TPSA) is 112 Å². The minimum absolute atomic E-state index is 0.0230. The van der Waals surface area contributed by atoms with Gasteiger partial charge in [0, 0.05) is 18.0 Å². The SMILES string of the molecule is CCCc1c(Cc2ccc(-c3ccccc3C#N)cc2)c(=O)n(C2CCC(OC(CC)C(=O)OCC)CC2)c2ncnn12. The predicted molar refractivity (Wildman–Crippen MR) is 164 cm³/mol. The maximum absolute atomic E-state index is 14.3. The molecular formula is C34H39N5O4. The highest BCUT2D eigenvalue weighted by Crippen LogP contribution is 2.32. The number of ether oxygens (including phenoxy) is 2. The molecule has 0 amide bonds. The first-order valence-corrected chi connectivity index (χ1v) is 15.3. The Morgan fingerprint density at radius 2 is 1.81 bits per heavy atom. The molecule has 43 heavy (non-hydrogen) atoms. The number of aromatic nitrogens is 4. The van der Waals surface area contributed by atoms with Gasteiger partial charge in [-0.05, 0) is 68.2 Å². The Balaban J connectivity index is 1.42. The molecule has 224 valence electrons. The summed E-state index contributed by atoms with van der Waals surface area (Å²) in [5.41, 5.74) is 5.11. The second kappa shape index (κ2) is 13.8. The van der Waals surface area contributed by atoms with E-state index in [1.807, 2.05) is 64.5 Å². The Kier molecular flexibility index (Phi) is 9.68. The Hall–Kier alpha value is -4.29. The molecule has 0 aliphatic heterocycles. The van der Waals surface area contributed by atoms with Gasteiger partial charge in [-0.15, -0.1) is 0 Å². The van der Waals surface area contributed by atoms with Crippen molar-refractivity contribution in [3.8, 4) is 17.2 Å². The zero-order valence-corrected chi connectivity index (χ0v) is 25.2. The number of aryl methyl sites for hydroxylation is 1. The largest absolute Gasteiger partial charge is 0.464 e.